The van der Waals surface area contributed by atoms with Gasteiger partial charge in [0.1, 0.15) is 18.0 Å². The van der Waals surface area contributed by atoms with Crippen LogP contribution in [0.4, 0.5) is 0 Å². The Morgan fingerprint density at radius 2 is 1.93 bits per heavy atom. The van der Waals surface area contributed by atoms with Gasteiger partial charge in [-0.2, -0.15) is 9.61 Å². The second kappa shape index (κ2) is 7.37. The molecule has 1 aromatic carbocycles. The van der Waals surface area contributed by atoms with Crippen LogP contribution in [0.2, 0.25) is 0 Å². The Kier molecular flexibility index (Phi) is 4.42. The molecule has 0 aliphatic carbocycles. The average Bonchev–Trinajstić information content (AvgIpc) is 3.41. The summed E-state index contributed by atoms with van der Waals surface area (Å²) in [7, 11) is 0. The SMILES string of the molecule is O=c1cc(COc2cccnc2)[nH]c2c(-c3cc(-c4ccccc4)cs3)cnn12. The van der Waals surface area contributed by atoms with Crippen LogP contribution in [0.3, 0.4) is 0 Å². The van der Waals surface area contributed by atoms with Crippen LogP contribution in [0, 0.1) is 0 Å². The van der Waals surface area contributed by atoms with Gasteiger partial charge in [0.2, 0.25) is 0 Å². The number of nitrogens with zero attached hydrogens (tertiary/aromatic N) is 3. The zero-order valence-electron chi connectivity index (χ0n) is 15.3. The Balaban J connectivity index is 1.50. The van der Waals surface area contributed by atoms with Crippen molar-refractivity contribution >= 4 is 17.0 Å². The van der Waals surface area contributed by atoms with Crippen LogP contribution < -0.4 is 10.3 Å². The van der Waals surface area contributed by atoms with Gasteiger partial charge in [0, 0.05) is 17.1 Å². The van der Waals surface area contributed by atoms with Gasteiger partial charge < -0.3 is 9.72 Å². The molecule has 0 amide bonds. The minimum absolute atomic E-state index is 0.199. The van der Waals surface area contributed by atoms with E-state index in [2.05, 4.69) is 38.6 Å². The van der Waals surface area contributed by atoms with Gasteiger partial charge in [0.05, 0.1) is 23.7 Å². The van der Waals surface area contributed by atoms with Crippen LogP contribution in [0.5, 0.6) is 5.75 Å². The van der Waals surface area contributed by atoms with Crippen LogP contribution in [0.25, 0.3) is 27.2 Å². The van der Waals surface area contributed by atoms with E-state index < -0.39 is 0 Å². The Hall–Kier alpha value is -3.71. The Bertz CT molecular complexity index is 1320. The van der Waals surface area contributed by atoms with E-state index in [0.29, 0.717) is 17.1 Å². The van der Waals surface area contributed by atoms with E-state index >= 15 is 0 Å². The van der Waals surface area contributed by atoms with Crippen molar-refractivity contribution in [3.05, 3.63) is 94.6 Å². The molecule has 0 bridgehead atoms. The fraction of sp³-hybridized carbons (Fsp3) is 0.0455. The van der Waals surface area contributed by atoms with Crippen LogP contribution in [-0.4, -0.2) is 19.6 Å². The summed E-state index contributed by atoms with van der Waals surface area (Å²) in [6.07, 6.45) is 5.04. The van der Waals surface area contributed by atoms with Crippen LogP contribution in [0.15, 0.2) is 83.4 Å². The molecule has 29 heavy (non-hydrogen) atoms. The molecule has 0 aliphatic heterocycles. The number of thiophene rings is 1. The minimum Gasteiger partial charge on any atom is -0.486 e. The predicted molar refractivity (Wildman–Crippen MR) is 113 cm³/mol. The predicted octanol–water partition coefficient (Wildman–Crippen LogP) is 4.39. The molecule has 4 aromatic heterocycles. The first-order valence-corrected chi connectivity index (χ1v) is 9.93. The Morgan fingerprint density at radius 3 is 2.76 bits per heavy atom. The lowest BCUT2D eigenvalue weighted by molar-refractivity contribution is 0.300. The summed E-state index contributed by atoms with van der Waals surface area (Å²) in [5, 5.41) is 6.38. The highest BCUT2D eigenvalue weighted by molar-refractivity contribution is 7.14. The summed E-state index contributed by atoms with van der Waals surface area (Å²) < 4.78 is 7.10. The van der Waals surface area contributed by atoms with Gasteiger partial charge in [-0.05, 0) is 34.7 Å². The first-order chi connectivity index (χ1) is 14.3. The second-order valence-electron chi connectivity index (χ2n) is 6.49. The summed E-state index contributed by atoms with van der Waals surface area (Å²) in [5.74, 6) is 0.646. The molecular weight excluding hydrogens is 384 g/mol. The lowest BCUT2D eigenvalue weighted by atomic mass is 10.1. The van der Waals surface area contributed by atoms with Crippen molar-refractivity contribution in [2.75, 3.05) is 0 Å². The van der Waals surface area contributed by atoms with Gasteiger partial charge >= 0.3 is 0 Å². The molecule has 4 heterocycles. The van der Waals surface area contributed by atoms with E-state index in [1.807, 2.05) is 24.3 Å². The number of hydrogen-bond donors (Lipinski definition) is 1. The van der Waals surface area contributed by atoms with Crippen molar-refractivity contribution in [1.82, 2.24) is 19.6 Å². The van der Waals surface area contributed by atoms with Gasteiger partial charge in [-0.15, -0.1) is 11.3 Å². The van der Waals surface area contributed by atoms with E-state index in [1.54, 1.807) is 36.0 Å². The Morgan fingerprint density at radius 1 is 1.03 bits per heavy atom. The standard InChI is InChI=1S/C22H16N4O2S/c27-21-10-17(13-28-18-7-4-8-23-11-18)25-22-19(12-24-26(21)22)20-9-16(14-29-20)15-5-2-1-3-6-15/h1-12,14,25H,13H2. The summed E-state index contributed by atoms with van der Waals surface area (Å²) in [6.45, 7) is 0.238. The van der Waals surface area contributed by atoms with Crippen LogP contribution >= 0.6 is 11.3 Å². The van der Waals surface area contributed by atoms with Crippen molar-refractivity contribution in [2.45, 2.75) is 6.61 Å². The van der Waals surface area contributed by atoms with Crippen molar-refractivity contribution in [3.63, 3.8) is 0 Å². The quantitative estimate of drug-likeness (QED) is 0.475. The van der Waals surface area contributed by atoms with Gasteiger partial charge in [0.15, 0.2) is 0 Å². The van der Waals surface area contributed by atoms with E-state index in [4.69, 9.17) is 4.74 Å². The smallest absolute Gasteiger partial charge is 0.274 e. The van der Waals surface area contributed by atoms with Gasteiger partial charge in [0.25, 0.3) is 5.56 Å². The number of nitrogens with one attached hydrogen (secondary N) is 1. The monoisotopic (exact) mass is 400 g/mol. The zero-order chi connectivity index (χ0) is 19.6. The topological polar surface area (TPSA) is 72.3 Å². The number of hydrogen-bond acceptors (Lipinski definition) is 5. The van der Waals surface area contributed by atoms with Crippen molar-refractivity contribution in [3.8, 4) is 27.3 Å². The number of H-pyrrole nitrogens is 1. The van der Waals surface area contributed by atoms with Crippen LogP contribution in [-0.2, 0) is 6.61 Å². The molecule has 5 aromatic rings. The van der Waals surface area contributed by atoms with Crippen molar-refractivity contribution < 1.29 is 4.74 Å². The van der Waals surface area contributed by atoms with Crippen LogP contribution in [0.1, 0.15) is 5.69 Å². The lowest BCUT2D eigenvalue weighted by Crippen LogP contribution is -2.16. The van der Waals surface area contributed by atoms with Crippen molar-refractivity contribution in [2.24, 2.45) is 0 Å². The molecule has 0 spiro atoms. The fourth-order valence-corrected chi connectivity index (χ4v) is 4.07. The molecule has 142 valence electrons. The maximum atomic E-state index is 12.5. The number of benzene rings is 1. The Labute approximate surface area is 170 Å². The van der Waals surface area contributed by atoms with Gasteiger partial charge in [-0.3, -0.25) is 9.78 Å². The van der Waals surface area contributed by atoms with E-state index in [9.17, 15) is 4.79 Å². The molecular formula is C22H16N4O2S. The normalized spacial score (nSPS) is 11.0. The molecule has 0 atom stereocenters. The molecule has 0 saturated heterocycles. The summed E-state index contributed by atoms with van der Waals surface area (Å²) in [4.78, 5) is 20.9. The molecule has 7 heteroatoms. The molecule has 0 saturated carbocycles. The number of fused-ring (bicyclic) bond motifs is 1. The number of rotatable bonds is 5. The molecule has 0 unspecified atom stereocenters. The summed E-state index contributed by atoms with van der Waals surface area (Å²) in [6, 6.07) is 17.5. The third kappa shape index (κ3) is 3.43. The van der Waals surface area contributed by atoms with E-state index in [-0.39, 0.29) is 12.2 Å². The molecule has 0 radical (unpaired) electrons. The highest BCUT2D eigenvalue weighted by atomic mass is 32.1. The number of aromatic nitrogens is 4. The highest BCUT2D eigenvalue weighted by Crippen LogP contribution is 2.34. The first kappa shape index (κ1) is 17.4. The number of aromatic amines is 1. The second-order valence-corrected chi connectivity index (χ2v) is 7.41. The molecule has 0 aliphatic rings. The minimum atomic E-state index is -0.199. The number of pyridine rings is 1. The maximum absolute atomic E-state index is 12.5. The first-order valence-electron chi connectivity index (χ1n) is 9.05. The molecule has 0 fully saturated rings. The average molecular weight is 400 g/mol. The largest absolute Gasteiger partial charge is 0.486 e. The van der Waals surface area contributed by atoms with Gasteiger partial charge in [-0.25, -0.2) is 0 Å². The summed E-state index contributed by atoms with van der Waals surface area (Å²) >= 11 is 1.62. The zero-order valence-corrected chi connectivity index (χ0v) is 16.1. The maximum Gasteiger partial charge on any atom is 0.274 e. The van der Waals surface area contributed by atoms with Gasteiger partial charge in [-0.1, -0.05) is 30.3 Å². The third-order valence-electron chi connectivity index (χ3n) is 4.56. The summed E-state index contributed by atoms with van der Waals surface area (Å²) in [5.41, 5.74) is 4.32. The van der Waals surface area contributed by atoms with E-state index in [0.717, 1.165) is 21.6 Å². The third-order valence-corrected chi connectivity index (χ3v) is 5.52. The fourth-order valence-electron chi connectivity index (χ4n) is 3.15. The lowest BCUT2D eigenvalue weighted by Gasteiger charge is -2.06. The molecule has 5 rings (SSSR count). The highest BCUT2D eigenvalue weighted by Gasteiger charge is 2.13. The van der Waals surface area contributed by atoms with E-state index in [1.165, 1.54) is 10.6 Å². The molecule has 1 N–H and O–H groups in total. The van der Waals surface area contributed by atoms with Crippen molar-refractivity contribution in [1.29, 1.82) is 0 Å². The number of ether oxygens (including phenoxy) is 1. The molecule has 6 nitrogen and oxygen atoms in total.